The molecule has 2 heterocycles. The van der Waals surface area contributed by atoms with Crippen LogP contribution in [0.1, 0.15) is 17.5 Å². The number of hydrogen-bond donors (Lipinski definition) is 1. The van der Waals surface area contributed by atoms with Crippen molar-refractivity contribution in [2.75, 3.05) is 39.2 Å². The maximum Gasteiger partial charge on any atom is 0.160 e. The van der Waals surface area contributed by atoms with Crippen LogP contribution in [0.4, 0.5) is 5.69 Å². The van der Waals surface area contributed by atoms with Crippen molar-refractivity contribution in [1.29, 1.82) is 0 Å². The van der Waals surface area contributed by atoms with Gasteiger partial charge in [0.15, 0.2) is 6.29 Å². The standard InChI is InChI=1S/C17H26N2O2/c1-12-4-5-16(14(6-12)8-17(20-2)21-3)18-9-13-7-15-11-19(15)10-13/h4-6,13,15,17-18H,7-11H2,1-3H3. The molecule has 116 valence electrons. The third-order valence-corrected chi connectivity index (χ3v) is 4.68. The Morgan fingerprint density at radius 2 is 2.10 bits per heavy atom. The molecule has 2 aliphatic heterocycles. The average Bonchev–Trinajstić information content (AvgIpc) is 3.10. The van der Waals surface area contributed by atoms with Crippen LogP contribution in [0, 0.1) is 12.8 Å². The fourth-order valence-corrected chi connectivity index (χ4v) is 3.37. The lowest BCUT2D eigenvalue weighted by Crippen LogP contribution is -2.20. The van der Waals surface area contributed by atoms with Gasteiger partial charge in [0.25, 0.3) is 0 Å². The van der Waals surface area contributed by atoms with Gasteiger partial charge in [-0.05, 0) is 30.9 Å². The highest BCUT2D eigenvalue weighted by Gasteiger charge is 2.43. The molecule has 0 amide bonds. The third-order valence-electron chi connectivity index (χ3n) is 4.68. The van der Waals surface area contributed by atoms with E-state index in [4.69, 9.17) is 9.47 Å². The lowest BCUT2D eigenvalue weighted by molar-refractivity contribution is -0.100. The van der Waals surface area contributed by atoms with Gasteiger partial charge in [-0.2, -0.15) is 0 Å². The van der Waals surface area contributed by atoms with E-state index >= 15 is 0 Å². The maximum absolute atomic E-state index is 5.34. The summed E-state index contributed by atoms with van der Waals surface area (Å²) in [4.78, 5) is 2.56. The third kappa shape index (κ3) is 3.57. The van der Waals surface area contributed by atoms with Gasteiger partial charge >= 0.3 is 0 Å². The molecule has 1 aromatic rings. The highest BCUT2D eigenvalue weighted by molar-refractivity contribution is 5.53. The van der Waals surface area contributed by atoms with Gasteiger partial charge in [0, 0.05) is 52.0 Å². The van der Waals surface area contributed by atoms with Gasteiger partial charge in [-0.25, -0.2) is 0 Å². The Balaban J connectivity index is 1.62. The lowest BCUT2D eigenvalue weighted by atomic mass is 10.0. The predicted molar refractivity (Wildman–Crippen MR) is 84.6 cm³/mol. The van der Waals surface area contributed by atoms with Gasteiger partial charge < -0.3 is 14.8 Å². The second kappa shape index (κ2) is 6.34. The second-order valence-electron chi connectivity index (χ2n) is 6.36. The van der Waals surface area contributed by atoms with E-state index in [1.807, 2.05) is 0 Å². The van der Waals surface area contributed by atoms with E-state index in [1.165, 1.54) is 36.3 Å². The molecule has 1 N–H and O–H groups in total. The molecule has 0 spiro atoms. The monoisotopic (exact) mass is 290 g/mol. The number of piperidine rings is 1. The molecule has 0 aromatic heterocycles. The number of nitrogens with zero attached hydrogens (tertiary/aromatic N) is 1. The Bertz CT molecular complexity index is 478. The molecule has 0 radical (unpaired) electrons. The Labute approximate surface area is 127 Å². The topological polar surface area (TPSA) is 33.5 Å². The van der Waals surface area contributed by atoms with Crippen LogP contribution >= 0.6 is 0 Å². The number of aryl methyl sites for hydroxylation is 1. The second-order valence-corrected chi connectivity index (χ2v) is 6.36. The number of rotatable bonds is 7. The van der Waals surface area contributed by atoms with E-state index in [1.54, 1.807) is 14.2 Å². The molecule has 21 heavy (non-hydrogen) atoms. The Morgan fingerprint density at radius 3 is 2.76 bits per heavy atom. The van der Waals surface area contributed by atoms with E-state index in [9.17, 15) is 0 Å². The van der Waals surface area contributed by atoms with Crippen LogP contribution in [0.3, 0.4) is 0 Å². The summed E-state index contributed by atoms with van der Waals surface area (Å²) in [6.45, 7) is 5.78. The molecular weight excluding hydrogens is 264 g/mol. The summed E-state index contributed by atoms with van der Waals surface area (Å²) in [5, 5.41) is 3.64. The molecule has 2 aliphatic rings. The molecule has 3 unspecified atom stereocenters. The quantitative estimate of drug-likeness (QED) is 0.617. The van der Waals surface area contributed by atoms with Gasteiger partial charge in [0.2, 0.25) is 0 Å². The highest BCUT2D eigenvalue weighted by atomic mass is 16.7. The first kappa shape index (κ1) is 14.8. The number of nitrogens with one attached hydrogen (secondary N) is 1. The number of hydrogen-bond acceptors (Lipinski definition) is 4. The highest BCUT2D eigenvalue weighted by Crippen LogP contribution is 2.34. The number of ether oxygens (including phenoxy) is 2. The molecule has 0 saturated carbocycles. The summed E-state index contributed by atoms with van der Waals surface area (Å²) in [5.41, 5.74) is 3.76. The van der Waals surface area contributed by atoms with Crippen molar-refractivity contribution in [3.63, 3.8) is 0 Å². The summed E-state index contributed by atoms with van der Waals surface area (Å²) in [6, 6.07) is 7.46. The number of fused-ring (bicyclic) bond motifs is 1. The van der Waals surface area contributed by atoms with Crippen molar-refractivity contribution in [1.82, 2.24) is 4.90 Å². The van der Waals surface area contributed by atoms with Crippen LogP contribution in [0.25, 0.3) is 0 Å². The minimum absolute atomic E-state index is 0.183. The molecule has 2 saturated heterocycles. The first-order valence-electron chi connectivity index (χ1n) is 7.82. The van der Waals surface area contributed by atoms with Crippen LogP contribution in [0.5, 0.6) is 0 Å². The smallest absolute Gasteiger partial charge is 0.160 e. The summed E-state index contributed by atoms with van der Waals surface area (Å²) >= 11 is 0. The first-order valence-corrected chi connectivity index (χ1v) is 7.82. The minimum atomic E-state index is -0.183. The van der Waals surface area contributed by atoms with Crippen LogP contribution in [-0.4, -0.2) is 51.1 Å². The van der Waals surface area contributed by atoms with Crippen molar-refractivity contribution in [2.45, 2.75) is 32.1 Å². The zero-order valence-corrected chi connectivity index (χ0v) is 13.3. The van der Waals surface area contributed by atoms with Crippen LogP contribution in [0.15, 0.2) is 18.2 Å². The SMILES string of the molecule is COC(Cc1cc(C)ccc1NCC1CC2CN2C1)OC. The number of benzene rings is 1. The predicted octanol–water partition coefficient (Wildman–Crippen LogP) is 2.27. The number of methoxy groups -OCH3 is 2. The largest absolute Gasteiger partial charge is 0.384 e. The number of anilines is 1. The molecule has 2 fully saturated rings. The van der Waals surface area contributed by atoms with Gasteiger partial charge in [-0.15, -0.1) is 0 Å². The molecule has 4 heteroatoms. The van der Waals surface area contributed by atoms with Gasteiger partial charge in [-0.1, -0.05) is 17.7 Å². The van der Waals surface area contributed by atoms with E-state index < -0.39 is 0 Å². The Morgan fingerprint density at radius 1 is 1.29 bits per heavy atom. The van der Waals surface area contributed by atoms with Gasteiger partial charge in [0.1, 0.15) is 0 Å². The summed E-state index contributed by atoms with van der Waals surface area (Å²) in [7, 11) is 3.38. The van der Waals surface area contributed by atoms with E-state index in [-0.39, 0.29) is 6.29 Å². The summed E-state index contributed by atoms with van der Waals surface area (Å²) < 4.78 is 10.7. The molecule has 1 aromatic carbocycles. The first-order chi connectivity index (χ1) is 10.2. The maximum atomic E-state index is 5.34. The van der Waals surface area contributed by atoms with E-state index in [0.717, 1.165) is 24.9 Å². The Kier molecular flexibility index (Phi) is 4.48. The summed E-state index contributed by atoms with van der Waals surface area (Å²) in [5.74, 6) is 0.790. The van der Waals surface area contributed by atoms with E-state index in [0.29, 0.717) is 0 Å². The average molecular weight is 290 g/mol. The molecule has 0 bridgehead atoms. The fourth-order valence-electron chi connectivity index (χ4n) is 3.37. The van der Waals surface area contributed by atoms with Crippen molar-refractivity contribution in [3.05, 3.63) is 29.3 Å². The van der Waals surface area contributed by atoms with Crippen LogP contribution in [-0.2, 0) is 15.9 Å². The molecule has 3 rings (SSSR count). The van der Waals surface area contributed by atoms with E-state index in [2.05, 4.69) is 35.3 Å². The normalized spacial score (nSPS) is 27.0. The van der Waals surface area contributed by atoms with Crippen LogP contribution < -0.4 is 5.32 Å². The summed E-state index contributed by atoms with van der Waals surface area (Å²) in [6.07, 6.45) is 1.95. The fraction of sp³-hybridized carbons (Fsp3) is 0.647. The zero-order valence-electron chi connectivity index (χ0n) is 13.3. The molecule has 0 aliphatic carbocycles. The Hall–Kier alpha value is -1.10. The molecule has 3 atom stereocenters. The van der Waals surface area contributed by atoms with Gasteiger partial charge in [-0.3, -0.25) is 4.90 Å². The van der Waals surface area contributed by atoms with Gasteiger partial charge in [0.05, 0.1) is 0 Å². The minimum Gasteiger partial charge on any atom is -0.384 e. The molecular formula is C17H26N2O2. The zero-order chi connectivity index (χ0) is 14.8. The van der Waals surface area contributed by atoms with Crippen molar-refractivity contribution >= 4 is 5.69 Å². The molecule has 4 nitrogen and oxygen atoms in total. The van der Waals surface area contributed by atoms with Crippen molar-refractivity contribution in [3.8, 4) is 0 Å². The van der Waals surface area contributed by atoms with Crippen molar-refractivity contribution < 1.29 is 9.47 Å². The van der Waals surface area contributed by atoms with Crippen molar-refractivity contribution in [2.24, 2.45) is 5.92 Å². The lowest BCUT2D eigenvalue weighted by Gasteiger charge is -2.19. The van der Waals surface area contributed by atoms with Crippen LogP contribution in [0.2, 0.25) is 0 Å².